The fraction of sp³-hybridized carbons (Fsp3) is 0.620. The average molecular weight is 1230 g/mol. The molecule has 18 nitrogen and oxygen atoms in total. The van der Waals surface area contributed by atoms with Gasteiger partial charge in [0, 0.05) is 69.4 Å². The Morgan fingerprint density at radius 2 is 1.46 bits per heavy atom. The molecule has 0 aromatic heterocycles. The number of carbonyl (C=O) groups excluding carboxylic acids is 7. The number of benzene rings is 2. The van der Waals surface area contributed by atoms with Gasteiger partial charge in [-0.2, -0.15) is 0 Å². The lowest BCUT2D eigenvalue weighted by Gasteiger charge is -2.44. The fourth-order valence-corrected chi connectivity index (χ4v) is 14.2. The molecule has 4 aliphatic heterocycles. The Morgan fingerprint density at radius 3 is 2.10 bits per heavy atom. The number of piperidine rings is 1. The van der Waals surface area contributed by atoms with Gasteiger partial charge in [-0.25, -0.2) is 4.79 Å². The molecule has 1 amide bonds. The summed E-state index contributed by atoms with van der Waals surface area (Å²) in [4.78, 5) is 101. The van der Waals surface area contributed by atoms with Gasteiger partial charge in [-0.1, -0.05) is 120 Å². The lowest BCUT2D eigenvalue weighted by Crippen LogP contribution is -2.61. The Morgan fingerprint density at radius 1 is 0.787 bits per heavy atom. The molecule has 8 rings (SSSR count). The normalized spacial score (nSPS) is 34.0. The molecule has 4 heterocycles. The number of hydrogen-bond donors (Lipinski definition) is 2. The van der Waals surface area contributed by atoms with E-state index in [0.717, 1.165) is 27.8 Å². The molecule has 2 bridgehead atoms. The maximum atomic E-state index is 14.8. The summed E-state index contributed by atoms with van der Waals surface area (Å²) in [7, 11) is 3.14. The van der Waals surface area contributed by atoms with Crippen molar-refractivity contribution in [3.63, 3.8) is 0 Å². The van der Waals surface area contributed by atoms with Crippen LogP contribution in [0.4, 0.5) is 0 Å². The van der Waals surface area contributed by atoms with Crippen molar-refractivity contribution in [1.29, 1.82) is 0 Å². The number of hydrogen-bond acceptors (Lipinski definition) is 17. The Labute approximate surface area is 525 Å². The average Bonchev–Trinajstić information content (AvgIpc) is 1.61. The number of Topliss-reactive ketones (excluding diaryl/α,β-unsaturated/α-hetero) is 3. The molecule has 2 aliphatic carbocycles. The number of methoxy groups -OCH3 is 2. The van der Waals surface area contributed by atoms with Crippen LogP contribution in [-0.4, -0.2) is 145 Å². The van der Waals surface area contributed by atoms with Crippen molar-refractivity contribution in [1.82, 2.24) is 4.90 Å². The van der Waals surface area contributed by atoms with Crippen LogP contribution in [0.25, 0.3) is 11.1 Å². The van der Waals surface area contributed by atoms with Gasteiger partial charge < -0.3 is 53.0 Å². The van der Waals surface area contributed by atoms with Crippen LogP contribution in [0, 0.1) is 46.8 Å². The molecule has 1 saturated carbocycles. The number of nitrogens with zero attached hydrogens (tertiary/aromatic N) is 1. The zero-order chi connectivity index (χ0) is 64.5. The molecular weight excluding hydrogens is 1140 g/mol. The summed E-state index contributed by atoms with van der Waals surface area (Å²) in [5.41, 5.74) is 3.89. The number of ketones is 3. The van der Waals surface area contributed by atoms with E-state index in [9.17, 15) is 43.8 Å². The first-order valence-corrected chi connectivity index (χ1v) is 32.1. The van der Waals surface area contributed by atoms with Crippen molar-refractivity contribution < 1.29 is 81.7 Å². The number of cyclic esters (lactones) is 1. The van der Waals surface area contributed by atoms with Crippen LogP contribution in [0.1, 0.15) is 150 Å². The van der Waals surface area contributed by atoms with E-state index >= 15 is 0 Å². The highest BCUT2D eigenvalue weighted by Gasteiger charge is 2.55. The third-order valence-corrected chi connectivity index (χ3v) is 19.6. The van der Waals surface area contributed by atoms with Gasteiger partial charge in [0.25, 0.3) is 11.7 Å². The number of esters is 3. The molecule has 18 heteroatoms. The maximum Gasteiger partial charge on any atom is 0.329 e. The van der Waals surface area contributed by atoms with E-state index < -0.39 is 125 Å². The molecule has 2 N–H and O–H groups in total. The monoisotopic (exact) mass is 1230 g/mol. The van der Waals surface area contributed by atoms with Gasteiger partial charge in [-0.15, -0.1) is 0 Å². The lowest BCUT2D eigenvalue weighted by molar-refractivity contribution is -0.286. The third-order valence-electron chi connectivity index (χ3n) is 19.6. The van der Waals surface area contributed by atoms with E-state index in [1.165, 1.54) is 11.8 Å². The molecule has 4 fully saturated rings. The third kappa shape index (κ3) is 15.5. The minimum absolute atomic E-state index is 0.0325. The van der Waals surface area contributed by atoms with Gasteiger partial charge in [0.2, 0.25) is 11.6 Å². The number of carbonyl (C=O) groups is 7. The van der Waals surface area contributed by atoms with Crippen molar-refractivity contribution in [3.8, 4) is 11.1 Å². The van der Waals surface area contributed by atoms with E-state index in [-0.39, 0.29) is 62.4 Å². The molecule has 1 spiro atoms. The minimum Gasteiger partial charge on any atom is -0.460 e. The predicted octanol–water partition coefficient (Wildman–Crippen LogP) is 9.83. The van der Waals surface area contributed by atoms with Gasteiger partial charge >= 0.3 is 17.9 Å². The Balaban J connectivity index is 1.03. The topological polar surface area (TPSA) is 237 Å². The molecular formula is C71H95NO17. The number of aliphatic hydroxyl groups excluding tert-OH is 1. The van der Waals surface area contributed by atoms with Gasteiger partial charge in [-0.05, 0) is 125 Å². The van der Waals surface area contributed by atoms with Crippen LogP contribution >= 0.6 is 0 Å². The highest BCUT2D eigenvalue weighted by Crippen LogP contribution is 2.53. The number of allylic oxidation sites excluding steroid dienone is 6. The summed E-state index contributed by atoms with van der Waals surface area (Å²) in [6, 6.07) is 14.7. The molecule has 486 valence electrons. The maximum absolute atomic E-state index is 14.8. The SMILES string of the molecule is CO[C@H]1C[C@@H]2CC[C@@H](C)[C@@](O)(O2)C(=O)C(=O)N2CCCC[C@H]2C(=O)O[C@H]([C@H](C)C[C@@H]2CC[C@@H](OC(=O)C3(C)COC4(OC3)c3ccccc3-c3ccccc34)[C@H](OC)C2)CC(=O)[C@H](C)/C=C(\C)[C@@H](OC(C)=O)[C@@H](CO)C(=O)[C@H](C)C[C@H](C)/C=C/C=CC=C1C. The molecule has 0 unspecified atom stereocenters. The first-order valence-electron chi connectivity index (χ1n) is 32.1. The quantitative estimate of drug-likeness (QED) is 0.103. The molecule has 2 aromatic rings. The number of rotatable bonds is 9. The molecule has 0 radical (unpaired) electrons. The summed E-state index contributed by atoms with van der Waals surface area (Å²) in [5.74, 6) is -12.4. The van der Waals surface area contributed by atoms with Crippen LogP contribution in [0.5, 0.6) is 0 Å². The van der Waals surface area contributed by atoms with Crippen molar-refractivity contribution >= 4 is 41.2 Å². The second-order valence-corrected chi connectivity index (χ2v) is 26.5. The van der Waals surface area contributed by atoms with Crippen LogP contribution < -0.4 is 0 Å². The predicted molar refractivity (Wildman–Crippen MR) is 331 cm³/mol. The van der Waals surface area contributed by atoms with E-state index in [4.69, 9.17) is 37.9 Å². The van der Waals surface area contributed by atoms with Crippen LogP contribution in [0.2, 0.25) is 0 Å². The molecule has 89 heavy (non-hydrogen) atoms. The summed E-state index contributed by atoms with van der Waals surface area (Å²) >= 11 is 0. The second-order valence-electron chi connectivity index (χ2n) is 26.5. The molecule has 2 aromatic carbocycles. The summed E-state index contributed by atoms with van der Waals surface area (Å²) in [5, 5.41) is 22.9. The number of ether oxygens (including phenoxy) is 8. The van der Waals surface area contributed by atoms with E-state index in [1.54, 1.807) is 54.9 Å². The minimum atomic E-state index is -2.49. The van der Waals surface area contributed by atoms with Gasteiger partial charge in [0.1, 0.15) is 41.3 Å². The van der Waals surface area contributed by atoms with E-state index in [2.05, 4.69) is 0 Å². The van der Waals surface area contributed by atoms with Gasteiger partial charge in [-0.3, -0.25) is 28.8 Å². The Bertz CT molecular complexity index is 2960. The van der Waals surface area contributed by atoms with Gasteiger partial charge in [0.05, 0.1) is 44.1 Å². The first-order chi connectivity index (χ1) is 42.4. The molecule has 6 aliphatic rings. The molecule has 3 saturated heterocycles. The first kappa shape index (κ1) is 68.9. The summed E-state index contributed by atoms with van der Waals surface area (Å²) in [6.45, 7) is 15.0. The van der Waals surface area contributed by atoms with Gasteiger partial charge in [0.15, 0.2) is 0 Å². The van der Waals surface area contributed by atoms with Crippen molar-refractivity contribution in [3.05, 3.63) is 107 Å². The van der Waals surface area contributed by atoms with Crippen molar-refractivity contribution in [2.45, 2.75) is 194 Å². The van der Waals surface area contributed by atoms with Crippen LogP contribution in [0.3, 0.4) is 0 Å². The lowest BCUT2D eigenvalue weighted by atomic mass is 9.78. The fourth-order valence-electron chi connectivity index (χ4n) is 14.2. The summed E-state index contributed by atoms with van der Waals surface area (Å²) < 4.78 is 49.9. The van der Waals surface area contributed by atoms with Crippen molar-refractivity contribution in [2.24, 2.45) is 46.8 Å². The standard InChI is InChI=1S/C71H95NO17/c1-42-21-13-12-14-22-43(2)60(82-10)37-51-30-28-48(7)70(81,89-51)65(77)66(78)72-32-20-19-27-57(72)67(79)87-61(38-58(75)44(3)34-47(6)64(86-49(8)74)54(39-73)63(76)46(5)33-42)45(4)35-50-29-31-59(62(36-50)83-11)88-68(80)69(9)40-84-71(85-41-69)55-25-17-15-23-52(55)53-24-16-18-26-56(53)71/h12-18,21-26,34,42,44-46,48,50-51,54,57,59-62,64,73,81H,19-20,27-33,35-41H2,1-11H3/b14-12?,21-13+,43-22?,47-34+/t42-,44-,45-,46-,48-,50+,51+,54+,57+,59-,60+,61+,62-,64-,70-/m1/s1. The Hall–Kier alpha value is -5.99. The van der Waals surface area contributed by atoms with E-state index in [1.807, 2.05) is 99.7 Å². The number of fused-ring (bicyclic) bond motifs is 8. The second kappa shape index (κ2) is 30.0. The van der Waals surface area contributed by atoms with E-state index in [0.29, 0.717) is 63.4 Å². The number of aliphatic hydroxyl groups is 2. The van der Waals surface area contributed by atoms with Crippen molar-refractivity contribution in [2.75, 3.05) is 40.6 Å². The highest BCUT2D eigenvalue weighted by atomic mass is 16.7. The zero-order valence-electron chi connectivity index (χ0n) is 53.9. The smallest absolute Gasteiger partial charge is 0.329 e. The highest BCUT2D eigenvalue weighted by molar-refractivity contribution is 6.39. The summed E-state index contributed by atoms with van der Waals surface area (Å²) in [6.07, 6.45) is 11.0. The molecule has 15 atom stereocenters. The van der Waals surface area contributed by atoms with Crippen LogP contribution in [-0.2, 0) is 77.2 Å². The van der Waals surface area contributed by atoms with Crippen LogP contribution in [0.15, 0.2) is 96.1 Å². The largest absolute Gasteiger partial charge is 0.460 e. The zero-order valence-corrected chi connectivity index (χ0v) is 53.9. The number of amides is 1. The Kier molecular flexibility index (Phi) is 23.2.